The first kappa shape index (κ1) is 16.4. The maximum atomic E-state index is 12.1. The Labute approximate surface area is 135 Å². The van der Waals surface area contributed by atoms with E-state index in [4.69, 9.17) is 0 Å². The summed E-state index contributed by atoms with van der Waals surface area (Å²) in [7, 11) is -1.26. The highest BCUT2D eigenvalue weighted by atomic mass is 32.2. The molecule has 116 valence electrons. The number of para-hydroxylation sites is 1. The minimum Gasteiger partial charge on any atom is -0.373 e. The van der Waals surface area contributed by atoms with Crippen LogP contribution in [0.15, 0.2) is 65.1 Å². The van der Waals surface area contributed by atoms with Crippen LogP contribution in [0.3, 0.4) is 0 Å². The summed E-state index contributed by atoms with van der Waals surface area (Å²) in [6, 6.07) is 19.9. The molecule has 0 saturated carbocycles. The third-order valence-electron chi connectivity index (χ3n) is 3.08. The van der Waals surface area contributed by atoms with E-state index in [1.807, 2.05) is 81.4 Å². The standard InChI is InChI=1S/C18H22N2OS/c1-18(2,3)22(21)19-14-17(15-10-6-4-7-11-15)20-16-12-8-5-9-13-16/h4-14,17,20H,1-3H3/b19-14+/t17-,22?/m1/s1. The lowest BCUT2D eigenvalue weighted by atomic mass is 10.1. The van der Waals surface area contributed by atoms with Gasteiger partial charge in [-0.2, -0.15) is 4.40 Å². The Bertz CT molecular complexity index is 633. The van der Waals surface area contributed by atoms with Crippen molar-refractivity contribution < 1.29 is 4.21 Å². The van der Waals surface area contributed by atoms with Gasteiger partial charge in [0.2, 0.25) is 0 Å². The normalized spacial score (nSPS) is 14.7. The summed E-state index contributed by atoms with van der Waals surface area (Å²) in [5, 5.41) is 3.42. The second-order valence-electron chi connectivity index (χ2n) is 6.01. The summed E-state index contributed by atoms with van der Waals surface area (Å²) in [6.07, 6.45) is 1.74. The van der Waals surface area contributed by atoms with E-state index >= 15 is 0 Å². The molecule has 2 rings (SSSR count). The Morgan fingerprint density at radius 3 is 2.09 bits per heavy atom. The molecule has 0 bridgehead atoms. The van der Waals surface area contributed by atoms with Gasteiger partial charge in [-0.3, -0.25) is 0 Å². The van der Waals surface area contributed by atoms with Crippen molar-refractivity contribution in [3.05, 3.63) is 66.2 Å². The first-order chi connectivity index (χ1) is 10.5. The molecule has 0 radical (unpaired) electrons. The number of hydrogen-bond donors (Lipinski definition) is 1. The van der Waals surface area contributed by atoms with Crippen LogP contribution in [0.1, 0.15) is 32.4 Å². The quantitative estimate of drug-likeness (QED) is 0.832. The van der Waals surface area contributed by atoms with Gasteiger partial charge in [-0.25, -0.2) is 4.21 Å². The van der Waals surface area contributed by atoms with Gasteiger partial charge in [0.25, 0.3) is 0 Å². The third-order valence-corrected chi connectivity index (χ3v) is 4.45. The molecule has 0 spiro atoms. The molecule has 2 aromatic carbocycles. The predicted molar refractivity (Wildman–Crippen MR) is 95.6 cm³/mol. The Kier molecular flexibility index (Phi) is 5.50. The van der Waals surface area contributed by atoms with Crippen molar-refractivity contribution in [2.45, 2.75) is 31.6 Å². The van der Waals surface area contributed by atoms with E-state index in [1.54, 1.807) is 6.21 Å². The van der Waals surface area contributed by atoms with Crippen LogP contribution in [0.25, 0.3) is 0 Å². The average Bonchev–Trinajstić information content (AvgIpc) is 2.52. The summed E-state index contributed by atoms with van der Waals surface area (Å²) in [6.45, 7) is 5.76. The molecular weight excluding hydrogens is 292 g/mol. The second kappa shape index (κ2) is 7.36. The van der Waals surface area contributed by atoms with Crippen molar-refractivity contribution in [1.29, 1.82) is 0 Å². The van der Waals surface area contributed by atoms with Gasteiger partial charge >= 0.3 is 0 Å². The molecule has 0 heterocycles. The molecule has 2 atom stereocenters. The first-order valence-electron chi connectivity index (χ1n) is 7.29. The summed E-state index contributed by atoms with van der Waals surface area (Å²) in [4.78, 5) is 0. The van der Waals surface area contributed by atoms with E-state index < -0.39 is 11.0 Å². The van der Waals surface area contributed by atoms with Gasteiger partial charge in [0, 0.05) is 11.9 Å². The van der Waals surface area contributed by atoms with Gasteiger partial charge in [0.15, 0.2) is 0 Å². The number of hydrogen-bond acceptors (Lipinski definition) is 2. The predicted octanol–water partition coefficient (Wildman–Crippen LogP) is 4.37. The molecule has 0 amide bonds. The molecule has 4 heteroatoms. The molecule has 0 aliphatic carbocycles. The van der Waals surface area contributed by atoms with Crippen molar-refractivity contribution >= 4 is 22.9 Å². The minimum atomic E-state index is -1.26. The lowest BCUT2D eigenvalue weighted by Gasteiger charge is -2.18. The largest absolute Gasteiger partial charge is 0.373 e. The number of nitrogens with zero attached hydrogens (tertiary/aromatic N) is 1. The molecule has 0 aliphatic rings. The zero-order valence-corrected chi connectivity index (χ0v) is 14.0. The van der Waals surface area contributed by atoms with Crippen molar-refractivity contribution in [2.24, 2.45) is 4.40 Å². The van der Waals surface area contributed by atoms with Gasteiger partial charge in [-0.1, -0.05) is 48.5 Å². The zero-order chi connectivity index (χ0) is 16.0. The van der Waals surface area contributed by atoms with E-state index in [9.17, 15) is 4.21 Å². The zero-order valence-electron chi connectivity index (χ0n) is 13.2. The fourth-order valence-electron chi connectivity index (χ4n) is 1.86. The Morgan fingerprint density at radius 1 is 1.00 bits per heavy atom. The van der Waals surface area contributed by atoms with Crippen molar-refractivity contribution in [1.82, 2.24) is 0 Å². The molecular formula is C18H22N2OS. The SMILES string of the molecule is CC(C)(C)S(=O)/N=C/[C@@H](Nc1ccccc1)c1ccccc1. The third kappa shape index (κ3) is 4.81. The molecule has 0 saturated heterocycles. The maximum absolute atomic E-state index is 12.1. The smallest absolute Gasteiger partial charge is 0.144 e. The molecule has 3 nitrogen and oxygen atoms in total. The first-order valence-corrected chi connectivity index (χ1v) is 8.40. The monoisotopic (exact) mass is 314 g/mol. The lowest BCUT2D eigenvalue weighted by Crippen LogP contribution is -2.21. The summed E-state index contributed by atoms with van der Waals surface area (Å²) in [5.74, 6) is 0. The van der Waals surface area contributed by atoms with Crippen molar-refractivity contribution in [2.75, 3.05) is 5.32 Å². The van der Waals surface area contributed by atoms with Crippen LogP contribution in [-0.4, -0.2) is 15.2 Å². The number of rotatable bonds is 5. The highest BCUT2D eigenvalue weighted by Gasteiger charge is 2.19. The Hall–Kier alpha value is -1.94. The van der Waals surface area contributed by atoms with Crippen molar-refractivity contribution in [3.63, 3.8) is 0 Å². The van der Waals surface area contributed by atoms with E-state index in [1.165, 1.54) is 0 Å². The molecule has 1 N–H and O–H groups in total. The average molecular weight is 314 g/mol. The van der Waals surface area contributed by atoms with Gasteiger partial charge < -0.3 is 5.32 Å². The van der Waals surface area contributed by atoms with E-state index in [2.05, 4.69) is 9.71 Å². The molecule has 0 aromatic heterocycles. The van der Waals surface area contributed by atoms with Crippen molar-refractivity contribution in [3.8, 4) is 0 Å². The summed E-state index contributed by atoms with van der Waals surface area (Å²) >= 11 is 0. The van der Waals surface area contributed by atoms with E-state index in [0.717, 1.165) is 11.3 Å². The molecule has 1 unspecified atom stereocenters. The Morgan fingerprint density at radius 2 is 1.55 bits per heavy atom. The van der Waals surface area contributed by atoms with Crippen LogP contribution in [0, 0.1) is 0 Å². The molecule has 0 fully saturated rings. The molecule has 2 aromatic rings. The fraction of sp³-hybridized carbons (Fsp3) is 0.278. The highest BCUT2D eigenvalue weighted by molar-refractivity contribution is 7.85. The highest BCUT2D eigenvalue weighted by Crippen LogP contribution is 2.19. The fourth-order valence-corrected chi connectivity index (χ4v) is 2.40. The topological polar surface area (TPSA) is 41.5 Å². The maximum Gasteiger partial charge on any atom is 0.144 e. The number of benzene rings is 2. The van der Waals surface area contributed by atoms with Gasteiger partial charge in [-0.05, 0) is 38.5 Å². The number of anilines is 1. The van der Waals surface area contributed by atoms with E-state index in [0.29, 0.717) is 0 Å². The van der Waals surface area contributed by atoms with Crippen LogP contribution in [0.4, 0.5) is 5.69 Å². The summed E-state index contributed by atoms with van der Waals surface area (Å²) in [5.41, 5.74) is 2.09. The van der Waals surface area contributed by atoms with Crippen LogP contribution in [0.2, 0.25) is 0 Å². The van der Waals surface area contributed by atoms with Gasteiger partial charge in [0.05, 0.1) is 10.8 Å². The summed E-state index contributed by atoms with van der Waals surface area (Å²) < 4.78 is 16.0. The lowest BCUT2D eigenvalue weighted by molar-refractivity contribution is 0.650. The van der Waals surface area contributed by atoms with Gasteiger partial charge in [0.1, 0.15) is 11.0 Å². The molecule has 22 heavy (non-hydrogen) atoms. The second-order valence-corrected chi connectivity index (χ2v) is 7.95. The van der Waals surface area contributed by atoms with Crippen LogP contribution in [-0.2, 0) is 11.0 Å². The molecule has 0 aliphatic heterocycles. The van der Waals surface area contributed by atoms with Crippen LogP contribution in [0.5, 0.6) is 0 Å². The van der Waals surface area contributed by atoms with Gasteiger partial charge in [-0.15, -0.1) is 0 Å². The Balaban J connectivity index is 2.23. The van der Waals surface area contributed by atoms with E-state index in [-0.39, 0.29) is 10.8 Å². The number of nitrogens with one attached hydrogen (secondary N) is 1. The van der Waals surface area contributed by atoms with Crippen LogP contribution < -0.4 is 5.32 Å². The minimum absolute atomic E-state index is 0.116. The van der Waals surface area contributed by atoms with Crippen LogP contribution >= 0.6 is 0 Å².